The fraction of sp³-hybridized carbons (Fsp3) is 0.0714. The van der Waals surface area contributed by atoms with Crippen LogP contribution >= 0.6 is 35.4 Å². The third-order valence-corrected chi connectivity index (χ3v) is 3.59. The van der Waals surface area contributed by atoms with E-state index in [1.807, 2.05) is 24.3 Å². The SMILES string of the molecule is NC(=S)c1ccc(COc2cccc(Cl)c2Cl)cc1. The summed E-state index contributed by atoms with van der Waals surface area (Å²) in [6.07, 6.45) is 0. The standard InChI is InChI=1S/C14H11Cl2NOS/c15-11-2-1-3-12(13(11)16)18-8-9-4-6-10(7-5-9)14(17)19/h1-7H,8H2,(H2,17,19). The normalized spacial score (nSPS) is 10.2. The first-order valence-corrected chi connectivity index (χ1v) is 6.70. The van der Waals surface area contributed by atoms with E-state index in [1.165, 1.54) is 0 Å². The minimum absolute atomic E-state index is 0.380. The molecule has 0 amide bonds. The molecule has 0 aliphatic carbocycles. The molecule has 19 heavy (non-hydrogen) atoms. The first-order valence-electron chi connectivity index (χ1n) is 5.53. The van der Waals surface area contributed by atoms with Crippen LogP contribution in [-0.2, 0) is 6.61 Å². The second-order valence-corrected chi connectivity index (χ2v) is 5.13. The number of benzene rings is 2. The molecule has 98 valence electrons. The van der Waals surface area contributed by atoms with Gasteiger partial charge in [-0.05, 0) is 17.7 Å². The van der Waals surface area contributed by atoms with Crippen molar-refractivity contribution in [3.05, 3.63) is 63.6 Å². The van der Waals surface area contributed by atoms with Gasteiger partial charge >= 0.3 is 0 Å². The van der Waals surface area contributed by atoms with Gasteiger partial charge in [-0.25, -0.2) is 0 Å². The van der Waals surface area contributed by atoms with Gasteiger partial charge in [0, 0.05) is 5.56 Å². The Morgan fingerprint density at radius 3 is 2.42 bits per heavy atom. The van der Waals surface area contributed by atoms with Crippen molar-refractivity contribution >= 4 is 40.4 Å². The molecule has 0 saturated heterocycles. The average molecular weight is 312 g/mol. The molecule has 0 saturated carbocycles. The van der Waals surface area contributed by atoms with Crippen LogP contribution in [0.5, 0.6) is 5.75 Å². The van der Waals surface area contributed by atoms with Gasteiger partial charge in [-0.3, -0.25) is 0 Å². The van der Waals surface area contributed by atoms with E-state index in [4.69, 9.17) is 45.9 Å². The number of hydrogen-bond acceptors (Lipinski definition) is 2. The van der Waals surface area contributed by atoms with Crippen LogP contribution in [0.15, 0.2) is 42.5 Å². The molecule has 0 heterocycles. The first kappa shape index (κ1) is 14.1. The van der Waals surface area contributed by atoms with E-state index in [0.29, 0.717) is 27.4 Å². The van der Waals surface area contributed by atoms with Gasteiger partial charge in [0.25, 0.3) is 0 Å². The van der Waals surface area contributed by atoms with Crippen molar-refractivity contribution in [1.29, 1.82) is 0 Å². The summed E-state index contributed by atoms with van der Waals surface area (Å²) in [7, 11) is 0. The number of nitrogens with two attached hydrogens (primary N) is 1. The number of hydrogen-bond donors (Lipinski definition) is 1. The van der Waals surface area contributed by atoms with Crippen molar-refractivity contribution in [2.75, 3.05) is 0 Å². The Hall–Kier alpha value is -1.29. The Morgan fingerprint density at radius 2 is 1.79 bits per heavy atom. The molecule has 0 fully saturated rings. The van der Waals surface area contributed by atoms with E-state index in [9.17, 15) is 0 Å². The highest BCUT2D eigenvalue weighted by molar-refractivity contribution is 7.80. The monoisotopic (exact) mass is 311 g/mol. The summed E-state index contributed by atoms with van der Waals surface area (Å²) in [6, 6.07) is 12.8. The van der Waals surface area contributed by atoms with Crippen molar-refractivity contribution in [1.82, 2.24) is 0 Å². The molecule has 0 spiro atoms. The van der Waals surface area contributed by atoms with Crippen molar-refractivity contribution < 1.29 is 4.74 Å². The van der Waals surface area contributed by atoms with Gasteiger partial charge in [0.05, 0.1) is 5.02 Å². The molecule has 2 nitrogen and oxygen atoms in total. The highest BCUT2D eigenvalue weighted by Gasteiger charge is 2.05. The summed E-state index contributed by atoms with van der Waals surface area (Å²) in [6.45, 7) is 0.400. The van der Waals surface area contributed by atoms with Crippen LogP contribution in [0, 0.1) is 0 Å². The predicted molar refractivity (Wildman–Crippen MR) is 83.1 cm³/mol. The molecular formula is C14H11Cl2NOS. The van der Waals surface area contributed by atoms with Crippen molar-refractivity contribution in [3.8, 4) is 5.75 Å². The Balaban J connectivity index is 2.06. The van der Waals surface area contributed by atoms with Gasteiger partial charge in [0.2, 0.25) is 0 Å². The molecule has 5 heteroatoms. The van der Waals surface area contributed by atoms with Gasteiger partial charge in [0.1, 0.15) is 22.4 Å². The average Bonchev–Trinajstić information content (AvgIpc) is 2.41. The Labute approximate surface area is 127 Å². The van der Waals surface area contributed by atoms with Gasteiger partial charge in [-0.15, -0.1) is 0 Å². The van der Waals surface area contributed by atoms with E-state index >= 15 is 0 Å². The lowest BCUT2D eigenvalue weighted by Crippen LogP contribution is -2.09. The van der Waals surface area contributed by atoms with Crippen LogP contribution in [0.1, 0.15) is 11.1 Å². The van der Waals surface area contributed by atoms with E-state index in [1.54, 1.807) is 18.2 Å². The third kappa shape index (κ3) is 3.60. The van der Waals surface area contributed by atoms with Crippen LogP contribution in [0.2, 0.25) is 10.0 Å². The Kier molecular flexibility index (Phi) is 4.64. The van der Waals surface area contributed by atoms with E-state index < -0.39 is 0 Å². The Bertz CT molecular complexity index is 599. The van der Waals surface area contributed by atoms with Gasteiger partial charge in [-0.1, -0.05) is 65.8 Å². The first-order chi connectivity index (χ1) is 9.08. The molecule has 0 aliphatic heterocycles. The van der Waals surface area contributed by atoms with Crippen LogP contribution in [0.3, 0.4) is 0 Å². The smallest absolute Gasteiger partial charge is 0.139 e. The second kappa shape index (κ2) is 6.24. The second-order valence-electron chi connectivity index (χ2n) is 3.90. The van der Waals surface area contributed by atoms with Crippen molar-refractivity contribution in [3.63, 3.8) is 0 Å². The number of rotatable bonds is 4. The fourth-order valence-corrected chi connectivity index (χ4v) is 2.00. The van der Waals surface area contributed by atoms with Crippen LogP contribution < -0.4 is 10.5 Å². The largest absolute Gasteiger partial charge is 0.487 e. The van der Waals surface area contributed by atoms with Crippen molar-refractivity contribution in [2.24, 2.45) is 5.73 Å². The molecule has 0 aliphatic rings. The van der Waals surface area contributed by atoms with Crippen molar-refractivity contribution in [2.45, 2.75) is 6.61 Å². The fourth-order valence-electron chi connectivity index (χ4n) is 1.52. The van der Waals surface area contributed by atoms with Crippen LogP contribution in [-0.4, -0.2) is 4.99 Å². The summed E-state index contributed by atoms with van der Waals surface area (Å²) in [4.78, 5) is 0.380. The summed E-state index contributed by atoms with van der Waals surface area (Å²) in [5, 5.41) is 0.895. The maximum Gasteiger partial charge on any atom is 0.139 e. The minimum atomic E-state index is 0.380. The van der Waals surface area contributed by atoms with Crippen LogP contribution in [0.25, 0.3) is 0 Å². The molecule has 0 atom stereocenters. The number of ether oxygens (including phenoxy) is 1. The van der Waals surface area contributed by atoms with E-state index in [2.05, 4.69) is 0 Å². The summed E-state index contributed by atoms with van der Waals surface area (Å²) in [5.41, 5.74) is 7.36. The lowest BCUT2D eigenvalue weighted by atomic mass is 10.1. The highest BCUT2D eigenvalue weighted by Crippen LogP contribution is 2.31. The molecule has 2 aromatic carbocycles. The predicted octanol–water partition coefficient (Wildman–Crippen LogP) is 4.21. The maximum atomic E-state index is 6.04. The number of halogens is 2. The molecule has 2 rings (SSSR count). The lowest BCUT2D eigenvalue weighted by Gasteiger charge is -2.09. The van der Waals surface area contributed by atoms with Crippen LogP contribution in [0.4, 0.5) is 0 Å². The quantitative estimate of drug-likeness (QED) is 0.859. The molecule has 2 N–H and O–H groups in total. The molecule has 0 radical (unpaired) electrons. The molecule has 2 aromatic rings. The summed E-state index contributed by atoms with van der Waals surface area (Å²) < 4.78 is 5.62. The molecular weight excluding hydrogens is 301 g/mol. The maximum absolute atomic E-state index is 6.04. The number of thiocarbonyl (C=S) groups is 1. The highest BCUT2D eigenvalue weighted by atomic mass is 35.5. The van der Waals surface area contributed by atoms with Gasteiger partial charge in [-0.2, -0.15) is 0 Å². The lowest BCUT2D eigenvalue weighted by molar-refractivity contribution is 0.306. The third-order valence-electron chi connectivity index (χ3n) is 2.55. The summed E-state index contributed by atoms with van der Waals surface area (Å²) in [5.74, 6) is 0.563. The van der Waals surface area contributed by atoms with Gasteiger partial charge < -0.3 is 10.5 Å². The van der Waals surface area contributed by atoms with E-state index in [0.717, 1.165) is 11.1 Å². The van der Waals surface area contributed by atoms with Gasteiger partial charge in [0.15, 0.2) is 0 Å². The minimum Gasteiger partial charge on any atom is -0.487 e. The Morgan fingerprint density at radius 1 is 1.11 bits per heavy atom. The zero-order valence-corrected chi connectivity index (χ0v) is 12.2. The molecule has 0 bridgehead atoms. The summed E-state index contributed by atoms with van der Waals surface area (Å²) >= 11 is 16.8. The molecule has 0 unspecified atom stereocenters. The molecule has 0 aromatic heterocycles. The zero-order valence-electron chi connectivity index (χ0n) is 9.90. The zero-order chi connectivity index (χ0) is 13.8. The van der Waals surface area contributed by atoms with E-state index in [-0.39, 0.29) is 0 Å². The topological polar surface area (TPSA) is 35.2 Å².